The number of hydrogen-bond donors (Lipinski definition) is 0. The van der Waals surface area contributed by atoms with Gasteiger partial charge in [-0.2, -0.15) is 9.61 Å². The van der Waals surface area contributed by atoms with E-state index in [1.165, 1.54) is 11.3 Å². The molecule has 1 aromatic carbocycles. The quantitative estimate of drug-likeness (QED) is 0.597. The van der Waals surface area contributed by atoms with Gasteiger partial charge in [0.2, 0.25) is 10.7 Å². The fourth-order valence-electron chi connectivity index (χ4n) is 2.72. The summed E-state index contributed by atoms with van der Waals surface area (Å²) in [6.07, 6.45) is 0. The van der Waals surface area contributed by atoms with E-state index in [-0.39, 0.29) is 0 Å². The number of fused-ring (bicyclic) bond motifs is 1. The van der Waals surface area contributed by atoms with Crippen molar-refractivity contribution in [2.45, 2.75) is 20.4 Å². The van der Waals surface area contributed by atoms with Crippen LogP contribution < -0.4 is 14.2 Å². The molecule has 0 aliphatic carbocycles. The maximum Gasteiger partial charge on any atom is 0.235 e. The predicted octanol–water partition coefficient (Wildman–Crippen LogP) is 2.72. The molecule has 0 N–H and O–H groups in total. The van der Waals surface area contributed by atoms with Gasteiger partial charge in [0.1, 0.15) is 5.01 Å². The Balaban J connectivity index is 2.02. The van der Waals surface area contributed by atoms with Crippen molar-refractivity contribution in [3.63, 3.8) is 0 Å². The molecule has 3 aromatic rings. The lowest BCUT2D eigenvalue weighted by Crippen LogP contribution is -2.23. The van der Waals surface area contributed by atoms with Crippen molar-refractivity contribution in [1.29, 1.82) is 0 Å². The van der Waals surface area contributed by atoms with Crippen LogP contribution in [0.25, 0.3) is 15.5 Å². The summed E-state index contributed by atoms with van der Waals surface area (Å²) in [5, 5.41) is 14.0. The number of ether oxygens (including phenoxy) is 3. The Morgan fingerprint density at radius 2 is 1.65 bits per heavy atom. The SMILES string of the molecule is CCN(CC)Cc1nnc2sc(-c3cc(OC)c(OC)c(OC)c3)nn12. The normalized spacial score (nSPS) is 11.3. The van der Waals surface area contributed by atoms with Crippen molar-refractivity contribution in [3.05, 3.63) is 18.0 Å². The average Bonchev–Trinajstić information content (AvgIpc) is 3.26. The third kappa shape index (κ3) is 3.32. The van der Waals surface area contributed by atoms with Crippen LogP contribution in [0.1, 0.15) is 19.7 Å². The second-order valence-corrected chi connectivity index (χ2v) is 6.55. The number of rotatable bonds is 8. The van der Waals surface area contributed by atoms with E-state index < -0.39 is 0 Å². The van der Waals surface area contributed by atoms with Gasteiger partial charge in [0.05, 0.1) is 27.9 Å². The third-order valence-corrected chi connectivity index (χ3v) is 5.17. The van der Waals surface area contributed by atoms with Crippen molar-refractivity contribution in [1.82, 2.24) is 24.7 Å². The minimum absolute atomic E-state index is 0.559. The van der Waals surface area contributed by atoms with Gasteiger partial charge in [-0.3, -0.25) is 4.90 Å². The van der Waals surface area contributed by atoms with Crippen LogP contribution in [0.2, 0.25) is 0 Å². The van der Waals surface area contributed by atoms with Gasteiger partial charge >= 0.3 is 0 Å². The molecule has 3 rings (SSSR count). The van der Waals surface area contributed by atoms with Crippen molar-refractivity contribution >= 4 is 16.3 Å². The number of methoxy groups -OCH3 is 3. The Morgan fingerprint density at radius 1 is 1.00 bits per heavy atom. The molecule has 0 fully saturated rings. The molecule has 0 bridgehead atoms. The Hall–Kier alpha value is -2.39. The van der Waals surface area contributed by atoms with E-state index in [1.54, 1.807) is 21.3 Å². The van der Waals surface area contributed by atoms with E-state index in [2.05, 4.69) is 28.9 Å². The van der Waals surface area contributed by atoms with E-state index in [4.69, 9.17) is 19.3 Å². The average molecular weight is 377 g/mol. The Morgan fingerprint density at radius 3 is 2.19 bits per heavy atom. The Kier molecular flexibility index (Phi) is 5.58. The molecule has 9 heteroatoms. The van der Waals surface area contributed by atoms with E-state index in [0.717, 1.165) is 34.4 Å². The van der Waals surface area contributed by atoms with Gasteiger partial charge in [-0.1, -0.05) is 25.2 Å². The van der Waals surface area contributed by atoms with Crippen LogP contribution in [0.15, 0.2) is 12.1 Å². The van der Waals surface area contributed by atoms with Gasteiger partial charge in [0, 0.05) is 5.56 Å². The number of benzene rings is 1. The second kappa shape index (κ2) is 7.88. The molecular weight excluding hydrogens is 354 g/mol. The van der Waals surface area contributed by atoms with Crippen molar-refractivity contribution in [2.75, 3.05) is 34.4 Å². The Labute approximate surface area is 156 Å². The molecule has 0 spiro atoms. The second-order valence-electron chi connectivity index (χ2n) is 5.59. The maximum atomic E-state index is 5.43. The summed E-state index contributed by atoms with van der Waals surface area (Å²) in [6.45, 7) is 6.88. The predicted molar refractivity (Wildman–Crippen MR) is 100 cm³/mol. The molecule has 2 aromatic heterocycles. The topological polar surface area (TPSA) is 74.0 Å². The highest BCUT2D eigenvalue weighted by Crippen LogP contribution is 2.41. The lowest BCUT2D eigenvalue weighted by Gasteiger charge is -2.15. The summed E-state index contributed by atoms with van der Waals surface area (Å²) in [5.41, 5.74) is 0.879. The minimum atomic E-state index is 0.559. The van der Waals surface area contributed by atoms with Crippen LogP contribution in [-0.4, -0.2) is 59.1 Å². The first-order chi connectivity index (χ1) is 12.6. The molecule has 8 nitrogen and oxygen atoms in total. The lowest BCUT2D eigenvalue weighted by molar-refractivity contribution is 0.286. The van der Waals surface area contributed by atoms with E-state index >= 15 is 0 Å². The van der Waals surface area contributed by atoms with Gasteiger partial charge in [-0.05, 0) is 25.2 Å². The molecule has 0 saturated carbocycles. The van der Waals surface area contributed by atoms with Crippen LogP contribution in [0.4, 0.5) is 0 Å². The van der Waals surface area contributed by atoms with Gasteiger partial charge < -0.3 is 14.2 Å². The van der Waals surface area contributed by atoms with Gasteiger partial charge in [0.15, 0.2) is 17.3 Å². The maximum absolute atomic E-state index is 5.43. The molecule has 0 aliphatic rings. The highest BCUT2D eigenvalue weighted by molar-refractivity contribution is 7.19. The summed E-state index contributed by atoms with van der Waals surface area (Å²) in [4.78, 5) is 3.03. The molecular formula is C17H23N5O3S. The fourth-order valence-corrected chi connectivity index (χ4v) is 3.57. The summed E-state index contributed by atoms with van der Waals surface area (Å²) < 4.78 is 18.1. The van der Waals surface area contributed by atoms with Crippen LogP contribution in [0.5, 0.6) is 17.2 Å². The van der Waals surface area contributed by atoms with E-state index in [0.29, 0.717) is 23.8 Å². The minimum Gasteiger partial charge on any atom is -0.493 e. The van der Waals surface area contributed by atoms with Gasteiger partial charge in [-0.15, -0.1) is 10.2 Å². The molecule has 0 atom stereocenters. The van der Waals surface area contributed by atoms with Crippen LogP contribution >= 0.6 is 11.3 Å². The number of nitrogens with zero attached hydrogens (tertiary/aromatic N) is 5. The van der Waals surface area contributed by atoms with Crippen LogP contribution in [0, 0.1) is 0 Å². The molecule has 0 radical (unpaired) electrons. The zero-order chi connectivity index (χ0) is 18.7. The lowest BCUT2D eigenvalue weighted by atomic mass is 10.2. The Bertz CT molecular complexity index is 863. The standard InChI is InChI=1S/C17H23N5O3S/c1-6-21(7-2)10-14-18-19-17-22(14)20-16(26-17)11-8-12(23-3)15(25-5)13(9-11)24-4/h8-9H,6-7,10H2,1-5H3. The summed E-state index contributed by atoms with van der Waals surface area (Å²) in [7, 11) is 4.78. The first kappa shape index (κ1) is 18.4. The molecule has 140 valence electrons. The van der Waals surface area contributed by atoms with Crippen molar-refractivity contribution in [2.24, 2.45) is 0 Å². The molecule has 0 unspecified atom stereocenters. The molecule has 26 heavy (non-hydrogen) atoms. The van der Waals surface area contributed by atoms with Crippen LogP contribution in [0.3, 0.4) is 0 Å². The zero-order valence-electron chi connectivity index (χ0n) is 15.6. The number of hydrogen-bond acceptors (Lipinski definition) is 8. The number of aromatic nitrogens is 4. The van der Waals surface area contributed by atoms with Crippen molar-refractivity contribution < 1.29 is 14.2 Å². The molecule has 0 saturated heterocycles. The smallest absolute Gasteiger partial charge is 0.235 e. The highest BCUT2D eigenvalue weighted by Gasteiger charge is 2.19. The van der Waals surface area contributed by atoms with E-state index in [9.17, 15) is 0 Å². The fraction of sp³-hybridized carbons (Fsp3) is 0.471. The molecule has 0 aliphatic heterocycles. The molecule has 2 heterocycles. The molecule has 0 amide bonds. The zero-order valence-corrected chi connectivity index (χ0v) is 16.5. The van der Waals surface area contributed by atoms with Gasteiger partial charge in [-0.25, -0.2) is 0 Å². The first-order valence-corrected chi connectivity index (χ1v) is 9.20. The summed E-state index contributed by atoms with van der Waals surface area (Å²) in [5.74, 6) is 2.58. The monoisotopic (exact) mass is 377 g/mol. The summed E-state index contributed by atoms with van der Waals surface area (Å²) >= 11 is 1.47. The third-order valence-electron chi connectivity index (χ3n) is 4.23. The first-order valence-electron chi connectivity index (χ1n) is 8.38. The van der Waals surface area contributed by atoms with Crippen LogP contribution in [-0.2, 0) is 6.54 Å². The highest BCUT2D eigenvalue weighted by atomic mass is 32.1. The van der Waals surface area contributed by atoms with E-state index in [1.807, 2.05) is 16.6 Å². The summed E-state index contributed by atoms with van der Waals surface area (Å²) in [6, 6.07) is 3.77. The van der Waals surface area contributed by atoms with Gasteiger partial charge in [0.25, 0.3) is 0 Å². The van der Waals surface area contributed by atoms with Crippen molar-refractivity contribution in [3.8, 4) is 27.8 Å². The largest absolute Gasteiger partial charge is 0.493 e.